The van der Waals surface area contributed by atoms with Crippen LogP contribution in [0.1, 0.15) is 36.1 Å². The van der Waals surface area contributed by atoms with Gasteiger partial charge in [-0.05, 0) is 61.4 Å². The quantitative estimate of drug-likeness (QED) is 0.252. The molecule has 5 heteroatoms. The van der Waals surface area contributed by atoms with Crippen molar-refractivity contribution < 1.29 is 22.5 Å². The van der Waals surface area contributed by atoms with Crippen LogP contribution in [-0.4, -0.2) is 6.18 Å². The lowest BCUT2D eigenvalue weighted by atomic mass is 9.81. The van der Waals surface area contributed by atoms with Gasteiger partial charge in [0.25, 0.3) is 5.69 Å². The highest BCUT2D eigenvalue weighted by molar-refractivity contribution is 6.06. The number of fused-ring (bicyclic) bond motifs is 3. The van der Waals surface area contributed by atoms with E-state index in [1.165, 1.54) is 13.8 Å². The number of hydrogen-bond acceptors (Lipinski definition) is 1. The first-order valence-electron chi connectivity index (χ1n) is 11.1. The Kier molecular flexibility index (Phi) is 4.59. The second kappa shape index (κ2) is 6.96. The van der Waals surface area contributed by atoms with Gasteiger partial charge in [-0.1, -0.05) is 38.1 Å². The molecular weight excluding hydrogens is 423 g/mol. The third-order valence-electron chi connectivity index (χ3n) is 7.12. The maximum Gasteiger partial charge on any atom is 0.394 e. The van der Waals surface area contributed by atoms with E-state index in [2.05, 4.69) is 30.5 Å². The van der Waals surface area contributed by atoms with Crippen LogP contribution < -0.4 is 9.30 Å². The third-order valence-corrected chi connectivity index (χ3v) is 7.12. The number of ether oxygens (including phenoxy) is 1. The number of pyridine rings is 1. The van der Waals surface area contributed by atoms with E-state index < -0.39 is 11.6 Å². The summed E-state index contributed by atoms with van der Waals surface area (Å²) in [5, 5.41) is 2.89. The molecule has 2 heterocycles. The summed E-state index contributed by atoms with van der Waals surface area (Å²) in [6.07, 6.45) is -4.51. The molecule has 170 valence electrons. The van der Waals surface area contributed by atoms with Gasteiger partial charge in [0, 0.05) is 17.0 Å². The molecule has 4 aromatic rings. The minimum atomic E-state index is -4.34. The number of alkyl halides is 3. The van der Waals surface area contributed by atoms with Gasteiger partial charge in [0.15, 0.2) is 0 Å². The van der Waals surface area contributed by atoms with E-state index in [0.29, 0.717) is 17.1 Å². The summed E-state index contributed by atoms with van der Waals surface area (Å²) in [5.41, 5.74) is 4.77. The molecule has 0 fully saturated rings. The van der Waals surface area contributed by atoms with E-state index in [1.807, 2.05) is 44.3 Å². The Bertz CT molecular complexity index is 1460. The van der Waals surface area contributed by atoms with Crippen LogP contribution in [0.4, 0.5) is 13.2 Å². The van der Waals surface area contributed by atoms with Crippen LogP contribution in [0.25, 0.3) is 32.9 Å². The summed E-state index contributed by atoms with van der Waals surface area (Å²) in [6.45, 7) is 8.70. The van der Waals surface area contributed by atoms with Crippen molar-refractivity contribution in [3.8, 4) is 22.8 Å². The van der Waals surface area contributed by atoms with Gasteiger partial charge in [0.1, 0.15) is 12.8 Å². The average molecular weight is 451 g/mol. The molecule has 0 amide bonds. The van der Waals surface area contributed by atoms with Crippen molar-refractivity contribution in [2.24, 2.45) is 12.5 Å². The van der Waals surface area contributed by atoms with E-state index in [4.69, 9.17) is 4.74 Å². The number of nitrogens with zero attached hydrogens (tertiary/aromatic N) is 1. The SMILES string of the molecule is Cc1cc2c3c(c(C)c(C)cc3c1)-c1c(c(CC(C)(C)C(F)(F)F)c3ccccc3[n+]1C)O2. The molecule has 1 aliphatic rings. The first kappa shape index (κ1) is 21.7. The van der Waals surface area contributed by atoms with Gasteiger partial charge in [-0.25, -0.2) is 0 Å². The average Bonchev–Trinajstić information content (AvgIpc) is 2.73. The van der Waals surface area contributed by atoms with E-state index in [1.54, 1.807) is 0 Å². The molecule has 5 rings (SSSR count). The molecule has 0 bridgehead atoms. The lowest BCUT2D eigenvalue weighted by molar-refractivity contribution is -0.633. The summed E-state index contributed by atoms with van der Waals surface area (Å²) in [4.78, 5) is 0. The van der Waals surface area contributed by atoms with Crippen LogP contribution in [0.3, 0.4) is 0 Å². The molecule has 1 aromatic heterocycles. The molecule has 0 unspecified atom stereocenters. The largest absolute Gasteiger partial charge is 0.449 e. The highest BCUT2D eigenvalue weighted by Gasteiger charge is 2.48. The smallest absolute Gasteiger partial charge is 0.394 e. The summed E-state index contributed by atoms with van der Waals surface area (Å²) in [5.74, 6) is 1.23. The predicted molar refractivity (Wildman–Crippen MR) is 126 cm³/mol. The zero-order chi connectivity index (χ0) is 23.9. The Labute approximate surface area is 191 Å². The predicted octanol–water partition coefficient (Wildman–Crippen LogP) is 7.65. The van der Waals surface area contributed by atoms with Crippen molar-refractivity contribution in [1.82, 2.24) is 0 Å². The Morgan fingerprint density at radius 2 is 1.67 bits per heavy atom. The molecule has 0 atom stereocenters. The van der Waals surface area contributed by atoms with Crippen molar-refractivity contribution in [2.45, 2.75) is 47.2 Å². The zero-order valence-corrected chi connectivity index (χ0v) is 19.7. The van der Waals surface area contributed by atoms with E-state index in [0.717, 1.165) is 49.6 Å². The van der Waals surface area contributed by atoms with Gasteiger partial charge in [-0.3, -0.25) is 0 Å². The molecule has 0 saturated heterocycles. The fourth-order valence-corrected chi connectivity index (χ4v) is 5.04. The lowest BCUT2D eigenvalue weighted by Gasteiger charge is -2.30. The van der Waals surface area contributed by atoms with E-state index in [9.17, 15) is 13.2 Å². The van der Waals surface area contributed by atoms with Crippen molar-refractivity contribution >= 4 is 21.7 Å². The molecule has 0 radical (unpaired) electrons. The number of halogens is 3. The van der Waals surface area contributed by atoms with Gasteiger partial charge < -0.3 is 4.74 Å². The standard InChI is InChI=1S/C28H27F3NO/c1-15-11-18-13-16(2)17(3)23-24(18)22(12-15)33-26-20(14-27(4,5)28(29,30)31)19-9-7-8-10-21(19)32(6)25(23)26/h7-13H,14H2,1-6H3/q+1. The summed E-state index contributed by atoms with van der Waals surface area (Å²) < 4.78 is 50.5. The van der Waals surface area contributed by atoms with Crippen LogP contribution in [0.5, 0.6) is 11.5 Å². The summed E-state index contributed by atoms with van der Waals surface area (Å²) in [6, 6.07) is 13.9. The zero-order valence-electron chi connectivity index (χ0n) is 19.7. The minimum Gasteiger partial charge on any atom is -0.449 e. The Morgan fingerprint density at radius 1 is 0.970 bits per heavy atom. The number of para-hydroxylation sites is 1. The Morgan fingerprint density at radius 3 is 2.36 bits per heavy atom. The molecular formula is C28H27F3NO+. The Balaban J connectivity index is 1.95. The van der Waals surface area contributed by atoms with Gasteiger partial charge in [0.2, 0.25) is 11.3 Å². The van der Waals surface area contributed by atoms with Crippen molar-refractivity contribution in [2.75, 3.05) is 0 Å². The normalized spacial score (nSPS) is 13.4. The van der Waals surface area contributed by atoms with E-state index in [-0.39, 0.29) is 6.42 Å². The van der Waals surface area contributed by atoms with Gasteiger partial charge in [0.05, 0.1) is 16.4 Å². The molecule has 0 aliphatic carbocycles. The fraction of sp³-hybridized carbons (Fsp3) is 0.321. The summed E-state index contributed by atoms with van der Waals surface area (Å²) in [7, 11) is 1.97. The van der Waals surface area contributed by atoms with Gasteiger partial charge >= 0.3 is 6.18 Å². The van der Waals surface area contributed by atoms with Crippen molar-refractivity contribution in [1.29, 1.82) is 0 Å². The van der Waals surface area contributed by atoms with Gasteiger partial charge in [-0.2, -0.15) is 17.7 Å². The molecule has 3 aromatic carbocycles. The highest BCUT2D eigenvalue weighted by Crippen LogP contribution is 2.52. The Hall–Kier alpha value is -3.08. The van der Waals surface area contributed by atoms with Crippen molar-refractivity contribution in [3.63, 3.8) is 0 Å². The first-order chi connectivity index (χ1) is 15.4. The second-order valence-corrected chi connectivity index (χ2v) is 9.95. The molecule has 0 N–H and O–H groups in total. The van der Waals surface area contributed by atoms with E-state index >= 15 is 0 Å². The van der Waals surface area contributed by atoms with Crippen LogP contribution in [0, 0.1) is 26.2 Å². The van der Waals surface area contributed by atoms with Gasteiger partial charge in [-0.15, -0.1) is 0 Å². The third kappa shape index (κ3) is 3.12. The number of rotatable bonds is 2. The molecule has 2 nitrogen and oxygen atoms in total. The highest BCUT2D eigenvalue weighted by atomic mass is 19.4. The topological polar surface area (TPSA) is 13.1 Å². The van der Waals surface area contributed by atoms with Crippen LogP contribution in [-0.2, 0) is 13.5 Å². The monoisotopic (exact) mass is 450 g/mol. The molecule has 33 heavy (non-hydrogen) atoms. The number of hydrogen-bond donors (Lipinski definition) is 0. The molecule has 0 spiro atoms. The number of benzene rings is 3. The maximum absolute atomic E-state index is 14.0. The number of aryl methyl sites for hydroxylation is 3. The van der Waals surface area contributed by atoms with Crippen LogP contribution >= 0.6 is 0 Å². The second-order valence-electron chi connectivity index (χ2n) is 9.95. The molecule has 1 aliphatic heterocycles. The fourth-order valence-electron chi connectivity index (χ4n) is 5.04. The minimum absolute atomic E-state index is 0.171. The first-order valence-corrected chi connectivity index (χ1v) is 11.1. The lowest BCUT2D eigenvalue weighted by Crippen LogP contribution is -2.37. The van der Waals surface area contributed by atoms with Crippen molar-refractivity contribution in [3.05, 3.63) is 64.7 Å². The van der Waals surface area contributed by atoms with Crippen LogP contribution in [0.15, 0.2) is 42.5 Å². The number of aromatic nitrogens is 1. The molecule has 0 saturated carbocycles. The van der Waals surface area contributed by atoms with Crippen LogP contribution in [0.2, 0.25) is 0 Å². The maximum atomic E-state index is 14.0. The summed E-state index contributed by atoms with van der Waals surface area (Å²) >= 11 is 0.